The fourth-order valence-corrected chi connectivity index (χ4v) is 2.79. The van der Waals surface area contributed by atoms with Crippen molar-refractivity contribution in [1.29, 1.82) is 0 Å². The van der Waals surface area contributed by atoms with Crippen LogP contribution in [0, 0.1) is 5.82 Å². The molecule has 1 aliphatic carbocycles. The smallest absolute Gasteiger partial charge is 0.415 e. The first-order chi connectivity index (χ1) is 8.04. The molecule has 1 spiro atoms. The van der Waals surface area contributed by atoms with Crippen LogP contribution < -0.4 is 5.32 Å². The molecule has 0 aromatic heterocycles. The number of carbonyl (C=O) groups excluding carboxylic acids is 2. The normalized spacial score (nSPS) is 26.0. The summed E-state index contributed by atoms with van der Waals surface area (Å²) in [4.78, 5) is 22.9. The number of nitrogens with one attached hydrogen (secondary N) is 1. The van der Waals surface area contributed by atoms with Crippen molar-refractivity contribution in [3.8, 4) is 0 Å². The molecule has 1 aromatic rings. The Morgan fingerprint density at radius 1 is 1.41 bits per heavy atom. The average Bonchev–Trinajstić information content (AvgIpc) is 2.77. The van der Waals surface area contributed by atoms with Gasteiger partial charge in [0.15, 0.2) is 0 Å². The van der Waals surface area contributed by atoms with Gasteiger partial charge in [-0.05, 0) is 34.0 Å². The van der Waals surface area contributed by atoms with Gasteiger partial charge in [0.05, 0.1) is 4.47 Å². The van der Waals surface area contributed by atoms with Gasteiger partial charge in [-0.25, -0.2) is 9.18 Å². The number of alkyl carbamates (subject to hydrolysis) is 1. The highest BCUT2D eigenvalue weighted by molar-refractivity contribution is 9.10. The highest BCUT2D eigenvalue weighted by Gasteiger charge is 2.54. The van der Waals surface area contributed by atoms with Crippen molar-refractivity contribution in [2.75, 3.05) is 0 Å². The fraction of sp³-hybridized carbons (Fsp3) is 0.273. The zero-order valence-electron chi connectivity index (χ0n) is 8.55. The van der Waals surface area contributed by atoms with Crippen LogP contribution in [0.2, 0.25) is 0 Å². The number of ether oxygens (including phenoxy) is 1. The molecule has 4 nitrogen and oxygen atoms in total. The van der Waals surface area contributed by atoms with E-state index >= 15 is 0 Å². The van der Waals surface area contributed by atoms with Gasteiger partial charge in [0, 0.05) is 12.0 Å². The molecule has 88 valence electrons. The number of fused-ring (bicyclic) bond motifs is 2. The lowest BCUT2D eigenvalue weighted by Gasteiger charge is -2.19. The van der Waals surface area contributed by atoms with E-state index in [1.807, 2.05) is 0 Å². The Morgan fingerprint density at radius 3 is 2.82 bits per heavy atom. The average molecular weight is 300 g/mol. The summed E-state index contributed by atoms with van der Waals surface area (Å²) in [6.07, 6.45) is -0.111. The van der Waals surface area contributed by atoms with E-state index in [0.29, 0.717) is 22.0 Å². The molecule has 0 radical (unpaired) electrons. The molecule has 1 N–H and O–H groups in total. The van der Waals surface area contributed by atoms with Crippen LogP contribution in [-0.2, 0) is 21.6 Å². The maximum Gasteiger partial charge on any atom is 0.415 e. The molecule has 2 amide bonds. The maximum absolute atomic E-state index is 13.8. The van der Waals surface area contributed by atoms with E-state index in [1.54, 1.807) is 6.07 Å². The van der Waals surface area contributed by atoms with Crippen LogP contribution >= 0.6 is 15.9 Å². The van der Waals surface area contributed by atoms with Gasteiger partial charge in [-0.1, -0.05) is 6.07 Å². The minimum atomic E-state index is -1.33. The van der Waals surface area contributed by atoms with Crippen LogP contribution in [0.5, 0.6) is 0 Å². The lowest BCUT2D eigenvalue weighted by Crippen LogP contribution is -2.34. The summed E-state index contributed by atoms with van der Waals surface area (Å²) >= 11 is 3.09. The Morgan fingerprint density at radius 2 is 2.18 bits per heavy atom. The Balaban J connectivity index is 2.20. The Hall–Kier alpha value is -1.43. The molecule has 1 fully saturated rings. The lowest BCUT2D eigenvalue weighted by molar-refractivity contribution is -0.131. The van der Waals surface area contributed by atoms with Crippen molar-refractivity contribution >= 4 is 27.9 Å². The van der Waals surface area contributed by atoms with E-state index in [2.05, 4.69) is 21.2 Å². The summed E-state index contributed by atoms with van der Waals surface area (Å²) in [7, 11) is 0. The van der Waals surface area contributed by atoms with E-state index < -0.39 is 23.4 Å². The van der Waals surface area contributed by atoms with Crippen LogP contribution in [0.25, 0.3) is 0 Å². The molecule has 1 atom stereocenters. The SMILES string of the molecule is O=C1NC(=O)C2(CCc3c2ccc(Br)c3F)O1. The van der Waals surface area contributed by atoms with Gasteiger partial charge in [-0.15, -0.1) is 0 Å². The summed E-state index contributed by atoms with van der Waals surface area (Å²) in [6, 6.07) is 3.13. The zero-order chi connectivity index (χ0) is 12.2. The number of benzene rings is 1. The molecule has 1 aromatic carbocycles. The molecule has 1 heterocycles. The number of rotatable bonds is 0. The van der Waals surface area contributed by atoms with Gasteiger partial charge in [0.1, 0.15) is 5.82 Å². The summed E-state index contributed by atoms with van der Waals surface area (Å²) in [5, 5.41) is 2.09. The van der Waals surface area contributed by atoms with Crippen LogP contribution in [0.3, 0.4) is 0 Å². The van der Waals surface area contributed by atoms with Gasteiger partial charge in [-0.3, -0.25) is 10.1 Å². The highest BCUT2D eigenvalue weighted by Crippen LogP contribution is 2.44. The molecule has 1 unspecified atom stereocenters. The second-order valence-electron chi connectivity index (χ2n) is 4.06. The van der Waals surface area contributed by atoms with Crippen molar-refractivity contribution < 1.29 is 18.7 Å². The second-order valence-corrected chi connectivity index (χ2v) is 4.91. The van der Waals surface area contributed by atoms with Crippen LogP contribution in [-0.4, -0.2) is 12.0 Å². The Labute approximate surface area is 104 Å². The molecule has 2 aliphatic rings. The van der Waals surface area contributed by atoms with E-state index in [1.165, 1.54) is 6.07 Å². The van der Waals surface area contributed by atoms with Gasteiger partial charge < -0.3 is 4.74 Å². The van der Waals surface area contributed by atoms with Crippen molar-refractivity contribution in [3.05, 3.63) is 33.5 Å². The third-order valence-corrected chi connectivity index (χ3v) is 3.82. The van der Waals surface area contributed by atoms with Gasteiger partial charge in [0.2, 0.25) is 5.60 Å². The number of amides is 2. The second kappa shape index (κ2) is 3.29. The van der Waals surface area contributed by atoms with E-state index in [-0.39, 0.29) is 6.42 Å². The van der Waals surface area contributed by atoms with E-state index in [0.717, 1.165) is 0 Å². The van der Waals surface area contributed by atoms with E-state index in [4.69, 9.17) is 4.74 Å². The van der Waals surface area contributed by atoms with Crippen molar-refractivity contribution in [2.45, 2.75) is 18.4 Å². The molecule has 17 heavy (non-hydrogen) atoms. The minimum absolute atomic E-state index is 0.285. The third-order valence-electron chi connectivity index (χ3n) is 3.21. The Bertz CT molecular complexity index is 560. The number of halogens is 2. The van der Waals surface area contributed by atoms with Gasteiger partial charge in [0.25, 0.3) is 5.91 Å². The quantitative estimate of drug-likeness (QED) is 0.797. The number of carbonyl (C=O) groups is 2. The Kier molecular flexibility index (Phi) is 2.07. The third kappa shape index (κ3) is 1.27. The van der Waals surface area contributed by atoms with Crippen LogP contribution in [0.4, 0.5) is 9.18 Å². The summed E-state index contributed by atoms with van der Waals surface area (Å²) in [6.45, 7) is 0. The number of hydrogen-bond acceptors (Lipinski definition) is 3. The fourth-order valence-electron chi connectivity index (χ4n) is 2.42. The topological polar surface area (TPSA) is 55.4 Å². The summed E-state index contributed by atoms with van der Waals surface area (Å²) in [5.41, 5.74) is -0.445. The largest absolute Gasteiger partial charge is 0.427 e. The summed E-state index contributed by atoms with van der Waals surface area (Å²) in [5.74, 6) is -0.905. The van der Waals surface area contributed by atoms with E-state index in [9.17, 15) is 14.0 Å². The zero-order valence-corrected chi connectivity index (χ0v) is 10.1. The van der Waals surface area contributed by atoms with Crippen LogP contribution in [0.15, 0.2) is 16.6 Å². The van der Waals surface area contributed by atoms with Crippen molar-refractivity contribution in [3.63, 3.8) is 0 Å². The number of hydrogen-bond donors (Lipinski definition) is 1. The predicted molar refractivity (Wildman–Crippen MR) is 58.7 cm³/mol. The van der Waals surface area contributed by atoms with Crippen molar-refractivity contribution in [2.24, 2.45) is 0 Å². The first kappa shape index (κ1) is 10.7. The molecular formula is C11H7BrFNO3. The summed E-state index contributed by atoms with van der Waals surface area (Å²) < 4.78 is 19.3. The van der Waals surface area contributed by atoms with Crippen LogP contribution in [0.1, 0.15) is 17.5 Å². The molecule has 0 saturated carbocycles. The minimum Gasteiger partial charge on any atom is -0.427 e. The molecule has 0 bridgehead atoms. The standard InChI is InChI=1S/C11H7BrFNO3/c12-7-2-1-6-5(8(7)13)3-4-11(6)9(15)14-10(16)17-11/h1-2H,3-4H2,(H,14,15,16). The lowest BCUT2D eigenvalue weighted by atomic mass is 9.95. The highest BCUT2D eigenvalue weighted by atomic mass is 79.9. The molecule has 1 saturated heterocycles. The molecular weight excluding hydrogens is 293 g/mol. The van der Waals surface area contributed by atoms with Gasteiger partial charge >= 0.3 is 6.09 Å². The van der Waals surface area contributed by atoms with Crippen molar-refractivity contribution in [1.82, 2.24) is 5.32 Å². The number of imide groups is 1. The maximum atomic E-state index is 13.8. The molecule has 3 rings (SSSR count). The first-order valence-electron chi connectivity index (χ1n) is 5.06. The monoisotopic (exact) mass is 299 g/mol. The van der Waals surface area contributed by atoms with Gasteiger partial charge in [-0.2, -0.15) is 0 Å². The molecule has 6 heteroatoms. The molecule has 1 aliphatic heterocycles. The first-order valence-corrected chi connectivity index (χ1v) is 5.86. The predicted octanol–water partition coefficient (Wildman–Crippen LogP) is 2.00.